The van der Waals surface area contributed by atoms with Crippen molar-refractivity contribution in [1.29, 1.82) is 10.5 Å². The molecule has 0 aliphatic rings. The van der Waals surface area contributed by atoms with Crippen molar-refractivity contribution >= 4 is 23.3 Å². The van der Waals surface area contributed by atoms with Gasteiger partial charge in [0.1, 0.15) is 5.69 Å². The van der Waals surface area contributed by atoms with Crippen molar-refractivity contribution in [1.82, 2.24) is 4.90 Å². The van der Waals surface area contributed by atoms with Crippen LogP contribution in [-0.2, 0) is 16.1 Å². The number of hydrogen-bond donors (Lipinski definition) is 1. The van der Waals surface area contributed by atoms with E-state index in [-0.39, 0.29) is 42.9 Å². The van der Waals surface area contributed by atoms with Crippen molar-refractivity contribution < 1.29 is 19.2 Å². The number of nitro groups is 1. The van der Waals surface area contributed by atoms with Crippen LogP contribution in [0.3, 0.4) is 0 Å². The third kappa shape index (κ3) is 7.11. The largest absolute Gasteiger partial charge is 0.452 e. The van der Waals surface area contributed by atoms with Gasteiger partial charge in [-0.05, 0) is 17.7 Å². The number of ether oxygens (including phenoxy) is 1. The number of amides is 1. The second-order valence-corrected chi connectivity index (χ2v) is 6.60. The summed E-state index contributed by atoms with van der Waals surface area (Å²) >= 11 is 0. The van der Waals surface area contributed by atoms with Gasteiger partial charge in [0.2, 0.25) is 0 Å². The van der Waals surface area contributed by atoms with Gasteiger partial charge in [0.15, 0.2) is 6.61 Å². The Bertz CT molecular complexity index is 1020. The molecule has 0 heterocycles. The molecule has 164 valence electrons. The zero-order valence-electron chi connectivity index (χ0n) is 17.2. The van der Waals surface area contributed by atoms with Gasteiger partial charge in [-0.15, -0.1) is 0 Å². The Labute approximate surface area is 184 Å². The Morgan fingerprint density at radius 3 is 2.31 bits per heavy atom. The van der Waals surface area contributed by atoms with E-state index in [1.807, 2.05) is 42.5 Å². The Kier molecular flexibility index (Phi) is 9.16. The molecule has 0 fully saturated rings. The molecule has 0 unspecified atom stereocenters. The molecule has 1 N–H and O–H groups in total. The lowest BCUT2D eigenvalue weighted by Gasteiger charge is -2.20. The molecule has 10 nitrogen and oxygen atoms in total. The summed E-state index contributed by atoms with van der Waals surface area (Å²) in [4.78, 5) is 36.7. The van der Waals surface area contributed by atoms with Crippen LogP contribution in [0.25, 0.3) is 0 Å². The molecule has 1 amide bonds. The second-order valence-electron chi connectivity index (χ2n) is 6.60. The average molecular weight is 435 g/mol. The maximum atomic E-state index is 12.3. The van der Waals surface area contributed by atoms with Crippen molar-refractivity contribution in [2.75, 3.05) is 25.0 Å². The number of hydrogen-bond acceptors (Lipinski definition) is 8. The summed E-state index contributed by atoms with van der Waals surface area (Å²) in [5.74, 6) is -1.45. The maximum absolute atomic E-state index is 12.3. The average Bonchev–Trinajstić information content (AvgIpc) is 2.81. The van der Waals surface area contributed by atoms with Gasteiger partial charge in [0, 0.05) is 25.7 Å². The number of carbonyl (C=O) groups excluding carboxylic acids is 2. The fraction of sp³-hybridized carbons (Fsp3) is 0.273. The van der Waals surface area contributed by atoms with Crippen molar-refractivity contribution in [3.63, 3.8) is 0 Å². The number of benzene rings is 2. The predicted octanol–water partition coefficient (Wildman–Crippen LogP) is 3.02. The summed E-state index contributed by atoms with van der Waals surface area (Å²) in [5, 5.41) is 31.8. The third-order valence-electron chi connectivity index (χ3n) is 4.42. The number of anilines is 1. The number of nitro benzene ring substituents is 1. The first-order chi connectivity index (χ1) is 15.5. The first-order valence-electron chi connectivity index (χ1n) is 9.71. The highest BCUT2D eigenvalue weighted by Crippen LogP contribution is 2.26. The van der Waals surface area contributed by atoms with E-state index in [4.69, 9.17) is 15.3 Å². The van der Waals surface area contributed by atoms with Gasteiger partial charge in [0.05, 0.1) is 35.5 Å². The predicted molar refractivity (Wildman–Crippen MR) is 114 cm³/mol. The molecule has 0 radical (unpaired) electrons. The molecule has 2 rings (SSSR count). The van der Waals surface area contributed by atoms with Crippen LogP contribution < -0.4 is 5.32 Å². The molecule has 0 aliphatic carbocycles. The van der Waals surface area contributed by atoms with Gasteiger partial charge in [0.25, 0.3) is 11.6 Å². The summed E-state index contributed by atoms with van der Waals surface area (Å²) in [6.07, 6.45) is 0.156. The Morgan fingerprint density at radius 2 is 1.72 bits per heavy atom. The quantitative estimate of drug-likeness (QED) is 0.321. The van der Waals surface area contributed by atoms with Gasteiger partial charge < -0.3 is 15.0 Å². The summed E-state index contributed by atoms with van der Waals surface area (Å²) in [5.41, 5.74) is 0.800. The lowest BCUT2D eigenvalue weighted by molar-refractivity contribution is -0.384. The number of nitrogens with one attached hydrogen (secondary N) is 1. The van der Waals surface area contributed by atoms with Gasteiger partial charge in [-0.2, -0.15) is 10.5 Å². The smallest absolute Gasteiger partial charge is 0.338 e. The maximum Gasteiger partial charge on any atom is 0.338 e. The molecule has 0 spiro atoms. The minimum Gasteiger partial charge on any atom is -0.452 e. The van der Waals surface area contributed by atoms with Crippen LogP contribution in [0.15, 0.2) is 48.5 Å². The van der Waals surface area contributed by atoms with E-state index in [1.165, 1.54) is 17.0 Å². The topological polar surface area (TPSA) is 149 Å². The second kappa shape index (κ2) is 12.3. The molecule has 32 heavy (non-hydrogen) atoms. The van der Waals surface area contributed by atoms with Crippen LogP contribution in [0.1, 0.15) is 28.8 Å². The summed E-state index contributed by atoms with van der Waals surface area (Å²) < 4.78 is 5.00. The van der Waals surface area contributed by atoms with Crippen molar-refractivity contribution in [2.24, 2.45) is 0 Å². The number of rotatable bonds is 11. The van der Waals surface area contributed by atoms with E-state index in [1.54, 1.807) is 0 Å². The Balaban J connectivity index is 2.03. The molecule has 2 aromatic rings. The zero-order valence-corrected chi connectivity index (χ0v) is 17.2. The van der Waals surface area contributed by atoms with Gasteiger partial charge in [-0.1, -0.05) is 30.3 Å². The molecule has 0 saturated carbocycles. The SMILES string of the molecule is N#CCCN(CCC#N)C(=O)COC(=O)c1ccc(NCc2ccccc2)c([N+](=O)[O-])c1. The molecule has 0 saturated heterocycles. The molecule has 0 aliphatic heterocycles. The van der Waals surface area contributed by atoms with E-state index >= 15 is 0 Å². The molecular weight excluding hydrogens is 414 g/mol. The molecule has 10 heteroatoms. The van der Waals surface area contributed by atoms with Crippen LogP contribution in [0.4, 0.5) is 11.4 Å². The van der Waals surface area contributed by atoms with E-state index in [0.29, 0.717) is 6.54 Å². The number of esters is 1. The summed E-state index contributed by atoms with van der Waals surface area (Å²) in [7, 11) is 0. The molecule has 0 atom stereocenters. The molecule has 0 bridgehead atoms. The summed E-state index contributed by atoms with van der Waals surface area (Å²) in [6, 6.07) is 17.0. The standard InChI is InChI=1S/C22H21N5O5/c23-10-4-12-26(13-5-11-24)21(28)16-32-22(29)18-8-9-19(20(14-18)27(30)31)25-15-17-6-2-1-3-7-17/h1-3,6-9,14,25H,4-5,12-13,15-16H2. The fourth-order valence-corrected chi connectivity index (χ4v) is 2.79. The minimum absolute atomic E-state index is 0.0737. The normalized spacial score (nSPS) is 9.81. The first kappa shape index (κ1) is 23.8. The number of nitriles is 2. The summed E-state index contributed by atoms with van der Waals surface area (Å²) in [6.45, 7) is -0.0116. The van der Waals surface area contributed by atoms with Crippen molar-refractivity contribution in [3.05, 3.63) is 69.8 Å². The highest BCUT2D eigenvalue weighted by Gasteiger charge is 2.20. The third-order valence-corrected chi connectivity index (χ3v) is 4.42. The van der Waals surface area contributed by atoms with Crippen molar-refractivity contribution in [2.45, 2.75) is 19.4 Å². The number of carbonyl (C=O) groups is 2. The van der Waals surface area contributed by atoms with Crippen LogP contribution in [0.5, 0.6) is 0 Å². The first-order valence-corrected chi connectivity index (χ1v) is 9.71. The van der Waals surface area contributed by atoms with Crippen LogP contribution in [0, 0.1) is 32.8 Å². The van der Waals surface area contributed by atoms with E-state index in [2.05, 4.69) is 5.32 Å². The minimum atomic E-state index is -0.892. The lowest BCUT2D eigenvalue weighted by atomic mass is 10.1. The molecule has 2 aromatic carbocycles. The van der Waals surface area contributed by atoms with Crippen LogP contribution >= 0.6 is 0 Å². The molecular formula is C22H21N5O5. The Morgan fingerprint density at radius 1 is 1.06 bits per heavy atom. The fourth-order valence-electron chi connectivity index (χ4n) is 2.79. The van der Waals surface area contributed by atoms with Gasteiger partial charge in [-0.25, -0.2) is 4.79 Å². The van der Waals surface area contributed by atoms with E-state index < -0.39 is 23.4 Å². The highest BCUT2D eigenvalue weighted by molar-refractivity contribution is 5.93. The van der Waals surface area contributed by atoms with Gasteiger partial charge in [-0.3, -0.25) is 14.9 Å². The Hall–Kier alpha value is -4.44. The van der Waals surface area contributed by atoms with Crippen molar-refractivity contribution in [3.8, 4) is 12.1 Å². The number of nitrogens with zero attached hydrogens (tertiary/aromatic N) is 4. The molecule has 0 aromatic heterocycles. The highest BCUT2D eigenvalue weighted by atomic mass is 16.6. The zero-order chi connectivity index (χ0) is 23.3. The van der Waals surface area contributed by atoms with E-state index in [0.717, 1.165) is 11.6 Å². The van der Waals surface area contributed by atoms with Crippen LogP contribution in [0.2, 0.25) is 0 Å². The van der Waals surface area contributed by atoms with Gasteiger partial charge >= 0.3 is 5.97 Å². The van der Waals surface area contributed by atoms with Crippen LogP contribution in [-0.4, -0.2) is 41.4 Å². The monoisotopic (exact) mass is 435 g/mol. The lowest BCUT2D eigenvalue weighted by Crippen LogP contribution is -2.36. The van der Waals surface area contributed by atoms with E-state index in [9.17, 15) is 19.7 Å².